The van der Waals surface area contributed by atoms with Crippen LogP contribution in [0.5, 0.6) is 0 Å². The summed E-state index contributed by atoms with van der Waals surface area (Å²) in [5.41, 5.74) is 2.66. The van der Waals surface area contributed by atoms with Gasteiger partial charge in [-0.25, -0.2) is 0 Å². The molecule has 0 bridgehead atoms. The average molecular weight is 429 g/mol. The molecule has 0 radical (unpaired) electrons. The molecule has 5 heteroatoms. The van der Waals surface area contributed by atoms with E-state index in [1.165, 1.54) is 0 Å². The monoisotopic (exact) mass is 429 g/mol. The van der Waals surface area contributed by atoms with Crippen LogP contribution in [-0.2, 0) is 9.53 Å². The van der Waals surface area contributed by atoms with E-state index in [0.717, 1.165) is 45.9 Å². The van der Waals surface area contributed by atoms with Crippen molar-refractivity contribution in [2.45, 2.75) is 63.2 Å². The van der Waals surface area contributed by atoms with Crippen LogP contribution in [0.2, 0.25) is 0 Å². The second kappa shape index (κ2) is 6.33. The van der Waals surface area contributed by atoms with E-state index in [9.17, 15) is 9.90 Å². The van der Waals surface area contributed by atoms with Gasteiger partial charge in [0, 0.05) is 10.7 Å². The topological polar surface area (TPSA) is 58.6 Å². The minimum absolute atomic E-state index is 0.0409. The number of amides is 1. The quantitative estimate of drug-likeness (QED) is 0.712. The molecule has 126 valence electrons. The van der Waals surface area contributed by atoms with Crippen LogP contribution in [0.1, 0.15) is 48.3 Å². The van der Waals surface area contributed by atoms with E-state index in [2.05, 4.69) is 40.0 Å². The first-order chi connectivity index (χ1) is 10.9. The van der Waals surface area contributed by atoms with Crippen molar-refractivity contribution in [1.82, 2.24) is 5.32 Å². The maximum Gasteiger partial charge on any atom is 0.230 e. The van der Waals surface area contributed by atoms with Crippen molar-refractivity contribution >= 4 is 28.5 Å². The number of carbonyl (C=O) groups is 1. The zero-order valence-corrected chi connectivity index (χ0v) is 16.0. The fourth-order valence-corrected chi connectivity index (χ4v) is 5.26. The molecule has 2 atom stereocenters. The van der Waals surface area contributed by atoms with E-state index >= 15 is 0 Å². The van der Waals surface area contributed by atoms with Gasteiger partial charge in [0.05, 0.1) is 23.7 Å². The van der Waals surface area contributed by atoms with E-state index in [0.29, 0.717) is 0 Å². The van der Waals surface area contributed by atoms with Gasteiger partial charge in [0.1, 0.15) is 0 Å². The Bertz CT molecular complexity index is 600. The lowest BCUT2D eigenvalue weighted by Crippen LogP contribution is -2.52. The van der Waals surface area contributed by atoms with Gasteiger partial charge in [-0.1, -0.05) is 0 Å². The lowest BCUT2D eigenvalue weighted by atomic mass is 9.74. The van der Waals surface area contributed by atoms with Gasteiger partial charge in [-0.2, -0.15) is 0 Å². The number of aliphatic hydroxyl groups is 1. The summed E-state index contributed by atoms with van der Waals surface area (Å²) < 4.78 is 6.58. The summed E-state index contributed by atoms with van der Waals surface area (Å²) in [5.74, 6) is -0.508. The summed E-state index contributed by atoms with van der Waals surface area (Å²) in [6.45, 7) is 4.05. The normalized spacial score (nSPS) is 34.0. The first kappa shape index (κ1) is 17.2. The molecule has 4 nitrogen and oxygen atoms in total. The molecule has 3 rings (SSSR count). The molecule has 1 amide bonds. The minimum Gasteiger partial charge on any atom is -0.389 e. The first-order valence-corrected chi connectivity index (χ1v) is 9.25. The third-order valence-corrected chi connectivity index (χ3v) is 6.19. The van der Waals surface area contributed by atoms with E-state index in [-0.39, 0.29) is 12.0 Å². The molecule has 1 aromatic rings. The van der Waals surface area contributed by atoms with Crippen LogP contribution < -0.4 is 5.32 Å². The van der Waals surface area contributed by atoms with Crippen molar-refractivity contribution < 1.29 is 14.6 Å². The average Bonchev–Trinajstić information content (AvgIpc) is 2.72. The van der Waals surface area contributed by atoms with Crippen molar-refractivity contribution in [3.63, 3.8) is 0 Å². The Labute approximate surface area is 151 Å². The zero-order valence-electron chi connectivity index (χ0n) is 13.9. The number of rotatable bonds is 2. The van der Waals surface area contributed by atoms with Crippen LogP contribution in [0.15, 0.2) is 12.1 Å². The minimum atomic E-state index is -0.676. The molecule has 1 aliphatic carbocycles. The summed E-state index contributed by atoms with van der Waals surface area (Å²) in [4.78, 5) is 12.7. The van der Waals surface area contributed by atoms with Gasteiger partial charge >= 0.3 is 0 Å². The number of ether oxygens (including phenoxy) is 1. The predicted molar refractivity (Wildman–Crippen MR) is 97.5 cm³/mol. The van der Waals surface area contributed by atoms with Crippen LogP contribution in [0.4, 0.5) is 0 Å². The molecule has 1 aromatic carbocycles. The molecule has 1 aliphatic heterocycles. The van der Waals surface area contributed by atoms with E-state index in [1.54, 1.807) is 7.11 Å². The predicted octanol–water partition coefficient (Wildman–Crippen LogP) is 2.81. The second-order valence-electron chi connectivity index (χ2n) is 6.96. The van der Waals surface area contributed by atoms with Crippen molar-refractivity contribution in [2.24, 2.45) is 0 Å². The van der Waals surface area contributed by atoms with E-state index in [1.807, 2.05) is 13.8 Å². The van der Waals surface area contributed by atoms with Gasteiger partial charge in [0.2, 0.25) is 5.91 Å². The highest BCUT2D eigenvalue weighted by Gasteiger charge is 2.54. The Kier molecular flexibility index (Phi) is 4.73. The Hall–Kier alpha value is -0.660. The molecule has 2 unspecified atom stereocenters. The molecule has 23 heavy (non-hydrogen) atoms. The summed E-state index contributed by atoms with van der Waals surface area (Å²) >= 11 is 2.29. The van der Waals surface area contributed by atoms with Crippen molar-refractivity contribution in [2.75, 3.05) is 7.11 Å². The number of benzene rings is 1. The molecule has 2 aliphatic rings. The number of methoxy groups -OCH3 is 1. The lowest BCUT2D eigenvalue weighted by molar-refractivity contribution is -0.121. The second-order valence-corrected chi connectivity index (χ2v) is 8.20. The standard InChI is InChI=1S/C18H24INO3/c1-10-8-12(19)9-11(2)14(10)15-16(21)18(20-17(15)22)6-4-13(23-3)5-7-18/h8-9,13,15-16,21H,4-7H2,1-3H3,(H,20,22). The first-order valence-electron chi connectivity index (χ1n) is 8.17. The van der Waals surface area contributed by atoms with Crippen molar-refractivity contribution in [3.05, 3.63) is 32.4 Å². The van der Waals surface area contributed by atoms with Crippen LogP contribution in [0.25, 0.3) is 0 Å². The summed E-state index contributed by atoms with van der Waals surface area (Å²) in [6, 6.07) is 4.16. The van der Waals surface area contributed by atoms with Crippen molar-refractivity contribution in [3.8, 4) is 0 Å². The molecule has 1 saturated heterocycles. The molecule has 2 N–H and O–H groups in total. The summed E-state index contributed by atoms with van der Waals surface area (Å²) in [6.07, 6.45) is 2.88. The number of halogens is 1. The maximum atomic E-state index is 12.7. The zero-order chi connectivity index (χ0) is 16.8. The van der Waals surface area contributed by atoms with Gasteiger partial charge < -0.3 is 15.2 Å². The Morgan fingerprint density at radius 1 is 1.26 bits per heavy atom. The Morgan fingerprint density at radius 2 is 1.83 bits per heavy atom. The van der Waals surface area contributed by atoms with Gasteiger partial charge in [-0.15, -0.1) is 0 Å². The van der Waals surface area contributed by atoms with Crippen molar-refractivity contribution in [1.29, 1.82) is 0 Å². The fourth-order valence-electron chi connectivity index (χ4n) is 4.32. The number of nitrogens with one attached hydrogen (secondary N) is 1. The number of aryl methyl sites for hydroxylation is 2. The van der Waals surface area contributed by atoms with E-state index < -0.39 is 17.6 Å². The highest BCUT2D eigenvalue weighted by atomic mass is 127. The maximum absolute atomic E-state index is 12.7. The third-order valence-electron chi connectivity index (χ3n) is 5.56. The van der Waals surface area contributed by atoms with Gasteiger partial charge in [0.25, 0.3) is 0 Å². The van der Waals surface area contributed by atoms with E-state index in [4.69, 9.17) is 4.74 Å². The molecule has 0 aromatic heterocycles. The molecular formula is C18H24INO3. The lowest BCUT2D eigenvalue weighted by Gasteiger charge is -2.39. The molecule has 2 fully saturated rings. The number of aliphatic hydroxyl groups excluding tert-OH is 1. The molecule has 1 spiro atoms. The number of carbonyl (C=O) groups excluding carboxylic acids is 1. The van der Waals surface area contributed by atoms with Gasteiger partial charge in [-0.05, 0) is 90.9 Å². The van der Waals surface area contributed by atoms with Crippen LogP contribution in [0, 0.1) is 17.4 Å². The third kappa shape index (κ3) is 2.91. The molecule has 1 saturated carbocycles. The van der Waals surface area contributed by atoms with Crippen LogP contribution in [0.3, 0.4) is 0 Å². The highest BCUT2D eigenvalue weighted by molar-refractivity contribution is 14.1. The summed E-state index contributed by atoms with van der Waals surface area (Å²) in [5, 5.41) is 14.2. The molecular weight excluding hydrogens is 405 g/mol. The molecule has 1 heterocycles. The number of hydrogen-bond donors (Lipinski definition) is 2. The largest absolute Gasteiger partial charge is 0.389 e. The number of hydrogen-bond acceptors (Lipinski definition) is 3. The smallest absolute Gasteiger partial charge is 0.230 e. The fraction of sp³-hybridized carbons (Fsp3) is 0.611. The summed E-state index contributed by atoms with van der Waals surface area (Å²) in [7, 11) is 1.73. The van der Waals surface area contributed by atoms with Crippen LogP contribution >= 0.6 is 22.6 Å². The van der Waals surface area contributed by atoms with Gasteiger partial charge in [-0.3, -0.25) is 4.79 Å². The highest BCUT2D eigenvalue weighted by Crippen LogP contribution is 2.44. The SMILES string of the molecule is COC1CCC2(CC1)NC(=O)C(c1c(C)cc(I)cc1C)C2O. The Balaban J connectivity index is 1.93. The van der Waals surface area contributed by atoms with Crippen LogP contribution in [-0.4, -0.2) is 35.9 Å². The van der Waals surface area contributed by atoms with Gasteiger partial charge in [0.15, 0.2) is 0 Å². The Morgan fingerprint density at radius 3 is 2.35 bits per heavy atom.